The lowest BCUT2D eigenvalue weighted by Gasteiger charge is -2.30. The van der Waals surface area contributed by atoms with Crippen molar-refractivity contribution in [2.75, 3.05) is 13.1 Å². The molecule has 1 saturated heterocycles. The lowest BCUT2D eigenvalue weighted by atomic mass is 10.1. The first-order chi connectivity index (χ1) is 10.6. The van der Waals surface area contributed by atoms with Crippen LogP contribution in [0.3, 0.4) is 0 Å². The Bertz CT molecular complexity index is 679. The Hall–Kier alpha value is -2.14. The molecule has 1 fully saturated rings. The molecule has 0 bridgehead atoms. The molecule has 5 nitrogen and oxygen atoms in total. The molecule has 1 aliphatic heterocycles. The molecule has 1 aromatic carbocycles. The Morgan fingerprint density at radius 2 is 2.09 bits per heavy atom. The molecule has 22 heavy (non-hydrogen) atoms. The van der Waals surface area contributed by atoms with Crippen LogP contribution in [0, 0.1) is 6.92 Å². The highest BCUT2D eigenvalue weighted by Crippen LogP contribution is 2.21. The van der Waals surface area contributed by atoms with Crippen LogP contribution in [0.2, 0.25) is 0 Å². The molecular formula is C17H20N2O3. The molecule has 116 valence electrons. The van der Waals surface area contributed by atoms with Crippen molar-refractivity contribution < 1.29 is 14.6 Å². The third-order valence-corrected chi connectivity index (χ3v) is 4.12. The number of fused-ring (bicyclic) bond motifs is 1. The van der Waals surface area contributed by atoms with E-state index in [1.807, 2.05) is 25.1 Å². The number of piperidine rings is 1. The number of ether oxygens (including phenoxy) is 1. The lowest BCUT2D eigenvalue weighted by Crippen LogP contribution is -2.40. The summed E-state index contributed by atoms with van der Waals surface area (Å²) in [6.07, 6.45) is 0.805. The molecule has 0 aliphatic carbocycles. The van der Waals surface area contributed by atoms with E-state index >= 15 is 0 Å². The van der Waals surface area contributed by atoms with Gasteiger partial charge in [-0.15, -0.1) is 0 Å². The summed E-state index contributed by atoms with van der Waals surface area (Å²) < 4.78 is 6.01. The predicted octanol–water partition coefficient (Wildman–Crippen LogP) is 3.20. The summed E-state index contributed by atoms with van der Waals surface area (Å²) in [4.78, 5) is 16.9. The summed E-state index contributed by atoms with van der Waals surface area (Å²) in [6.45, 7) is 3.63. The van der Waals surface area contributed by atoms with Crippen LogP contribution in [0.15, 0.2) is 30.3 Å². The minimum Gasteiger partial charge on any atom is -0.465 e. The van der Waals surface area contributed by atoms with Crippen molar-refractivity contribution in [3.8, 4) is 0 Å². The van der Waals surface area contributed by atoms with E-state index in [0.717, 1.165) is 35.0 Å². The molecule has 0 atom stereocenters. The van der Waals surface area contributed by atoms with E-state index in [4.69, 9.17) is 9.84 Å². The number of aromatic nitrogens is 1. The number of benzene rings is 1. The first kappa shape index (κ1) is 14.8. The van der Waals surface area contributed by atoms with E-state index < -0.39 is 6.09 Å². The standard InChI is InChI=1S/C17H20N2O3/c1-12-10-13(15-4-2-3-5-16(15)18-12)11-22-14-6-8-19(9-7-14)17(20)21/h2-5,10,14H,6-9,11H2,1H3,(H,20,21). The number of hydrogen-bond acceptors (Lipinski definition) is 3. The first-order valence-electron chi connectivity index (χ1n) is 7.58. The van der Waals surface area contributed by atoms with Crippen molar-refractivity contribution in [3.63, 3.8) is 0 Å². The molecule has 2 aromatic rings. The number of para-hydroxylation sites is 1. The summed E-state index contributed by atoms with van der Waals surface area (Å²) >= 11 is 0. The van der Waals surface area contributed by atoms with Gasteiger partial charge in [0.25, 0.3) is 0 Å². The number of rotatable bonds is 3. The van der Waals surface area contributed by atoms with Gasteiger partial charge in [-0.25, -0.2) is 4.79 Å². The summed E-state index contributed by atoms with van der Waals surface area (Å²) in [5.41, 5.74) is 3.11. The van der Waals surface area contributed by atoms with Gasteiger partial charge in [0, 0.05) is 24.2 Å². The van der Waals surface area contributed by atoms with Gasteiger partial charge in [-0.3, -0.25) is 4.98 Å². The molecule has 0 unspecified atom stereocenters. The van der Waals surface area contributed by atoms with Gasteiger partial charge in [-0.2, -0.15) is 0 Å². The number of amides is 1. The molecule has 1 aromatic heterocycles. The Balaban J connectivity index is 1.66. The molecule has 1 amide bonds. The lowest BCUT2D eigenvalue weighted by molar-refractivity contribution is 0.000783. The predicted molar refractivity (Wildman–Crippen MR) is 83.9 cm³/mol. The Kier molecular flexibility index (Phi) is 4.24. The topological polar surface area (TPSA) is 62.7 Å². The molecule has 0 radical (unpaired) electrons. The number of carbonyl (C=O) groups is 1. The highest BCUT2D eigenvalue weighted by molar-refractivity contribution is 5.82. The van der Waals surface area contributed by atoms with Gasteiger partial charge < -0.3 is 14.7 Å². The summed E-state index contributed by atoms with van der Waals surface area (Å²) in [6, 6.07) is 10.1. The number of nitrogens with zero attached hydrogens (tertiary/aromatic N) is 2. The molecule has 0 spiro atoms. The summed E-state index contributed by atoms with van der Waals surface area (Å²) in [5, 5.41) is 10.1. The van der Waals surface area contributed by atoms with Crippen molar-refractivity contribution in [1.82, 2.24) is 9.88 Å². The first-order valence-corrected chi connectivity index (χ1v) is 7.58. The van der Waals surface area contributed by atoms with Gasteiger partial charge in [0.2, 0.25) is 0 Å². The monoisotopic (exact) mass is 300 g/mol. The van der Waals surface area contributed by atoms with Gasteiger partial charge in [0.15, 0.2) is 0 Å². The largest absolute Gasteiger partial charge is 0.465 e. The second kappa shape index (κ2) is 6.32. The van der Waals surface area contributed by atoms with Crippen molar-refractivity contribution in [2.45, 2.75) is 32.5 Å². The quantitative estimate of drug-likeness (QED) is 0.945. The number of likely N-dealkylation sites (tertiary alicyclic amines) is 1. The summed E-state index contributed by atoms with van der Waals surface area (Å²) in [7, 11) is 0. The zero-order valence-corrected chi connectivity index (χ0v) is 12.7. The maximum absolute atomic E-state index is 10.9. The van der Waals surface area contributed by atoms with Crippen molar-refractivity contribution in [1.29, 1.82) is 0 Å². The molecule has 1 N–H and O–H groups in total. The average molecular weight is 300 g/mol. The third-order valence-electron chi connectivity index (χ3n) is 4.12. The smallest absolute Gasteiger partial charge is 0.407 e. The number of hydrogen-bond donors (Lipinski definition) is 1. The highest BCUT2D eigenvalue weighted by Gasteiger charge is 2.22. The van der Waals surface area contributed by atoms with Crippen LogP contribution in [0.4, 0.5) is 4.79 Å². The fourth-order valence-electron chi connectivity index (χ4n) is 2.94. The van der Waals surface area contributed by atoms with E-state index in [1.165, 1.54) is 4.90 Å². The van der Waals surface area contributed by atoms with Crippen LogP contribution >= 0.6 is 0 Å². The number of aryl methyl sites for hydroxylation is 1. The second-order valence-electron chi connectivity index (χ2n) is 5.72. The minimum atomic E-state index is -0.839. The normalized spacial score (nSPS) is 16.1. The maximum Gasteiger partial charge on any atom is 0.407 e. The van der Waals surface area contributed by atoms with E-state index in [2.05, 4.69) is 17.1 Å². The van der Waals surface area contributed by atoms with E-state index in [-0.39, 0.29) is 6.10 Å². The fraction of sp³-hybridized carbons (Fsp3) is 0.412. The van der Waals surface area contributed by atoms with E-state index in [9.17, 15) is 4.79 Å². The zero-order chi connectivity index (χ0) is 15.5. The van der Waals surface area contributed by atoms with E-state index in [1.54, 1.807) is 0 Å². The SMILES string of the molecule is Cc1cc(COC2CCN(C(=O)O)CC2)c2ccccc2n1. The second-order valence-corrected chi connectivity index (χ2v) is 5.72. The minimum absolute atomic E-state index is 0.128. The van der Waals surface area contributed by atoms with Crippen LogP contribution < -0.4 is 0 Å². The average Bonchev–Trinajstić information content (AvgIpc) is 2.52. The molecular weight excluding hydrogens is 280 g/mol. The van der Waals surface area contributed by atoms with Crippen molar-refractivity contribution >= 4 is 17.0 Å². The van der Waals surface area contributed by atoms with Gasteiger partial charge in [0.05, 0.1) is 18.2 Å². The Morgan fingerprint density at radius 3 is 2.82 bits per heavy atom. The number of carboxylic acid groups (broad SMARTS) is 1. The van der Waals surface area contributed by atoms with Crippen LogP contribution in [0.1, 0.15) is 24.1 Å². The van der Waals surface area contributed by atoms with Crippen molar-refractivity contribution in [2.24, 2.45) is 0 Å². The molecule has 0 saturated carbocycles. The summed E-state index contributed by atoms with van der Waals surface area (Å²) in [5.74, 6) is 0. The molecule has 2 heterocycles. The van der Waals surface area contributed by atoms with Crippen LogP contribution in [-0.4, -0.2) is 40.3 Å². The third kappa shape index (κ3) is 3.20. The fourth-order valence-corrected chi connectivity index (χ4v) is 2.94. The Labute approximate surface area is 129 Å². The highest BCUT2D eigenvalue weighted by atomic mass is 16.5. The molecule has 5 heteroatoms. The van der Waals surface area contributed by atoms with Crippen LogP contribution in [0.25, 0.3) is 10.9 Å². The molecule has 1 aliphatic rings. The Morgan fingerprint density at radius 1 is 1.36 bits per heavy atom. The van der Waals surface area contributed by atoms with Crippen LogP contribution in [0.5, 0.6) is 0 Å². The van der Waals surface area contributed by atoms with Gasteiger partial charge in [-0.05, 0) is 37.5 Å². The molecule has 3 rings (SSSR count). The van der Waals surface area contributed by atoms with Crippen LogP contribution in [-0.2, 0) is 11.3 Å². The zero-order valence-electron chi connectivity index (χ0n) is 12.7. The van der Waals surface area contributed by atoms with Gasteiger partial charge >= 0.3 is 6.09 Å². The van der Waals surface area contributed by atoms with Gasteiger partial charge in [-0.1, -0.05) is 18.2 Å². The van der Waals surface area contributed by atoms with Crippen molar-refractivity contribution in [3.05, 3.63) is 41.6 Å². The van der Waals surface area contributed by atoms with Gasteiger partial charge in [0.1, 0.15) is 0 Å². The number of pyridine rings is 1. The maximum atomic E-state index is 10.9. The van der Waals surface area contributed by atoms with E-state index in [0.29, 0.717) is 19.7 Å².